The number of carbonyl (C=O) groups excluding carboxylic acids is 2. The molecule has 1 aliphatic heterocycles. The Hall–Kier alpha value is -3.02. The molecule has 1 unspecified atom stereocenters. The minimum absolute atomic E-state index is 0.0135. The summed E-state index contributed by atoms with van der Waals surface area (Å²) < 4.78 is 64.2. The van der Waals surface area contributed by atoms with E-state index in [0.29, 0.717) is 5.56 Å². The van der Waals surface area contributed by atoms with Crippen molar-refractivity contribution in [3.8, 4) is 0 Å². The molecule has 0 amide bonds. The largest absolute Gasteiger partial charge is 0.509 e. The molecule has 0 aliphatic carbocycles. The summed E-state index contributed by atoms with van der Waals surface area (Å²) in [6, 6.07) is 17.6. The molecule has 0 radical (unpaired) electrons. The van der Waals surface area contributed by atoms with Gasteiger partial charge in [-0.25, -0.2) is 9.59 Å². The molecule has 2 aromatic carbocycles. The van der Waals surface area contributed by atoms with Crippen molar-refractivity contribution >= 4 is 20.6 Å². The molecular weight excluding hydrogens is 554 g/mol. The van der Waals surface area contributed by atoms with Crippen LogP contribution in [-0.4, -0.2) is 51.7 Å². The third-order valence-corrected chi connectivity index (χ3v) is 13.4. The molecular formula is C30H40F2O8Si. The van der Waals surface area contributed by atoms with Gasteiger partial charge in [0.2, 0.25) is 20.7 Å². The molecule has 8 nitrogen and oxygen atoms in total. The van der Waals surface area contributed by atoms with E-state index in [9.17, 15) is 9.59 Å². The maximum Gasteiger partial charge on any atom is 0.509 e. The van der Waals surface area contributed by atoms with Gasteiger partial charge in [-0.15, -0.1) is 0 Å². The number of alkyl halides is 2. The highest BCUT2D eigenvalue weighted by atomic mass is 28.4. The summed E-state index contributed by atoms with van der Waals surface area (Å²) in [5.74, 6) is -3.76. The van der Waals surface area contributed by atoms with Crippen LogP contribution in [0.5, 0.6) is 0 Å². The van der Waals surface area contributed by atoms with Crippen molar-refractivity contribution in [2.75, 3.05) is 6.61 Å². The van der Waals surface area contributed by atoms with Crippen molar-refractivity contribution in [1.29, 1.82) is 0 Å². The lowest BCUT2D eigenvalue weighted by molar-refractivity contribution is -0.193. The first-order valence-corrected chi connectivity index (χ1v) is 15.9. The van der Waals surface area contributed by atoms with Gasteiger partial charge in [0, 0.05) is 0 Å². The maximum absolute atomic E-state index is 15.9. The highest BCUT2D eigenvalue weighted by Crippen LogP contribution is 2.48. The quantitative estimate of drug-likeness (QED) is 0.183. The highest BCUT2D eigenvalue weighted by Gasteiger charge is 2.65. The van der Waals surface area contributed by atoms with Crippen molar-refractivity contribution in [3.63, 3.8) is 0 Å². The molecule has 1 fully saturated rings. The zero-order valence-corrected chi connectivity index (χ0v) is 25.4. The summed E-state index contributed by atoms with van der Waals surface area (Å²) in [5.41, 5.74) is 1.34. The second-order valence-corrected chi connectivity index (χ2v) is 16.4. The van der Waals surface area contributed by atoms with Crippen LogP contribution in [0.2, 0.25) is 16.6 Å². The maximum atomic E-state index is 15.9. The van der Waals surface area contributed by atoms with Crippen molar-refractivity contribution in [3.05, 3.63) is 71.8 Å². The van der Waals surface area contributed by atoms with Crippen molar-refractivity contribution in [2.24, 2.45) is 0 Å². The average Bonchev–Trinajstić information content (AvgIpc) is 3.16. The minimum Gasteiger partial charge on any atom is -0.431 e. The number of hydrogen-bond donors (Lipinski definition) is 0. The number of carbonyl (C=O) groups is 2. The van der Waals surface area contributed by atoms with Gasteiger partial charge in [-0.1, -0.05) is 102 Å². The number of ether oxygens (including phenoxy) is 5. The van der Waals surface area contributed by atoms with Crippen LogP contribution in [0.1, 0.15) is 52.7 Å². The molecule has 226 valence electrons. The number of rotatable bonds is 12. The molecule has 0 spiro atoms. The van der Waals surface area contributed by atoms with Gasteiger partial charge in [0.25, 0.3) is 0 Å². The Bertz CT molecular complexity index is 1090. The van der Waals surface area contributed by atoms with Gasteiger partial charge in [-0.2, -0.15) is 8.78 Å². The van der Waals surface area contributed by atoms with E-state index in [0.717, 1.165) is 5.56 Å². The average molecular weight is 595 g/mol. The minimum atomic E-state index is -3.76. The Balaban J connectivity index is 1.76. The molecule has 41 heavy (non-hydrogen) atoms. The van der Waals surface area contributed by atoms with Gasteiger partial charge >= 0.3 is 18.2 Å². The van der Waals surface area contributed by atoms with Crippen LogP contribution in [0.3, 0.4) is 0 Å². The van der Waals surface area contributed by atoms with E-state index in [1.807, 2.05) is 47.6 Å². The number of halogens is 2. The van der Waals surface area contributed by atoms with Gasteiger partial charge in [0.1, 0.15) is 25.9 Å². The first kappa shape index (κ1) is 32.5. The molecule has 1 heterocycles. The second-order valence-electron chi connectivity index (χ2n) is 11.0. The van der Waals surface area contributed by atoms with E-state index < -0.39 is 51.7 Å². The van der Waals surface area contributed by atoms with Crippen LogP contribution >= 0.6 is 0 Å². The standard InChI is InChI=1S/C30H40F2O8Si/c1-20(2)41(21(3)4,22(5)6)40-27-30(31,32)26(39-29(34)36-18-24-15-11-8-12-16-24)25(38-27)19-37-28(33)35-17-23-13-9-7-10-14-23/h7-16,20-22,25-27H,17-19H2,1-6H3/t25-,26-,27?/m1/s1. The number of hydrogen-bond acceptors (Lipinski definition) is 8. The monoisotopic (exact) mass is 594 g/mol. The lowest BCUT2D eigenvalue weighted by Crippen LogP contribution is -2.54. The first-order valence-electron chi connectivity index (χ1n) is 13.8. The van der Waals surface area contributed by atoms with Crippen LogP contribution in [-0.2, 0) is 41.3 Å². The van der Waals surface area contributed by atoms with Crippen molar-refractivity contribution in [2.45, 2.75) is 95.8 Å². The first-order chi connectivity index (χ1) is 19.4. The van der Waals surface area contributed by atoms with E-state index in [-0.39, 0.29) is 29.8 Å². The third kappa shape index (κ3) is 8.05. The fraction of sp³-hybridized carbons (Fsp3) is 0.533. The summed E-state index contributed by atoms with van der Waals surface area (Å²) in [6.07, 6.45) is -8.05. The molecule has 3 rings (SSSR count). The molecule has 1 aliphatic rings. The van der Waals surface area contributed by atoms with Gasteiger partial charge in [0.15, 0.2) is 0 Å². The zero-order chi connectivity index (χ0) is 30.2. The molecule has 0 N–H and O–H groups in total. The summed E-state index contributed by atoms with van der Waals surface area (Å²) in [4.78, 5) is 24.8. The van der Waals surface area contributed by atoms with Crippen LogP contribution in [0.25, 0.3) is 0 Å². The molecule has 11 heteroatoms. The van der Waals surface area contributed by atoms with Crippen LogP contribution in [0, 0.1) is 0 Å². The Labute approximate surface area is 241 Å². The van der Waals surface area contributed by atoms with Gasteiger partial charge in [-0.3, -0.25) is 0 Å². The Morgan fingerprint density at radius 3 is 1.71 bits per heavy atom. The van der Waals surface area contributed by atoms with Crippen LogP contribution < -0.4 is 0 Å². The Morgan fingerprint density at radius 2 is 1.24 bits per heavy atom. The summed E-state index contributed by atoms with van der Waals surface area (Å²) in [6.45, 7) is 10.8. The lowest BCUT2D eigenvalue weighted by atomic mass is 10.1. The lowest BCUT2D eigenvalue weighted by Gasteiger charge is -2.44. The van der Waals surface area contributed by atoms with Gasteiger partial charge < -0.3 is 28.1 Å². The third-order valence-electron chi connectivity index (χ3n) is 7.34. The molecule has 0 saturated carbocycles. The zero-order valence-electron chi connectivity index (χ0n) is 24.4. The normalized spacial score (nSPS) is 20.3. The van der Waals surface area contributed by atoms with E-state index >= 15 is 8.78 Å². The molecule has 1 saturated heterocycles. The van der Waals surface area contributed by atoms with Crippen LogP contribution in [0.4, 0.5) is 18.4 Å². The van der Waals surface area contributed by atoms with E-state index in [1.165, 1.54) is 0 Å². The fourth-order valence-corrected chi connectivity index (χ4v) is 10.8. The highest BCUT2D eigenvalue weighted by molar-refractivity contribution is 6.77. The fourth-order valence-electron chi connectivity index (χ4n) is 5.45. The molecule has 2 aromatic rings. The van der Waals surface area contributed by atoms with Crippen molar-refractivity contribution in [1.82, 2.24) is 0 Å². The SMILES string of the molecule is CC(C)[Si](OC1O[C@H](COC(=O)OCc2ccccc2)[C@@H](OC(=O)OCc2ccccc2)C1(F)F)(C(C)C)C(C)C. The summed E-state index contributed by atoms with van der Waals surface area (Å²) in [5, 5.41) is 0. The molecule has 3 atom stereocenters. The number of benzene rings is 2. The van der Waals surface area contributed by atoms with E-state index in [2.05, 4.69) is 0 Å². The van der Waals surface area contributed by atoms with Crippen molar-refractivity contribution < 1.29 is 46.5 Å². The van der Waals surface area contributed by atoms with Gasteiger partial charge in [-0.05, 0) is 27.8 Å². The Morgan fingerprint density at radius 1 is 0.780 bits per heavy atom. The van der Waals surface area contributed by atoms with Crippen LogP contribution in [0.15, 0.2) is 60.7 Å². The van der Waals surface area contributed by atoms with E-state index in [4.69, 9.17) is 28.1 Å². The van der Waals surface area contributed by atoms with E-state index in [1.54, 1.807) is 54.6 Å². The summed E-state index contributed by atoms with van der Waals surface area (Å²) >= 11 is 0. The van der Waals surface area contributed by atoms with Gasteiger partial charge in [0.05, 0.1) is 0 Å². The smallest absolute Gasteiger partial charge is 0.431 e. The predicted octanol–water partition coefficient (Wildman–Crippen LogP) is 7.61. The second kappa shape index (κ2) is 14.2. The predicted molar refractivity (Wildman–Crippen MR) is 150 cm³/mol. The topological polar surface area (TPSA) is 89.5 Å². The summed E-state index contributed by atoms with van der Waals surface area (Å²) in [7, 11) is -2.84. The Kier molecular flexibility index (Phi) is 11.3. The molecule has 0 bridgehead atoms. The molecule has 0 aromatic heterocycles.